The van der Waals surface area contributed by atoms with E-state index in [1.54, 1.807) is 30.0 Å². The van der Waals surface area contributed by atoms with E-state index >= 15 is 0 Å². The normalized spacial score (nSPS) is 22.9. The van der Waals surface area contributed by atoms with Gasteiger partial charge in [0.1, 0.15) is 11.9 Å². The highest BCUT2D eigenvalue weighted by Crippen LogP contribution is 2.39. The maximum absolute atomic E-state index is 13.7. The van der Waals surface area contributed by atoms with Gasteiger partial charge < -0.3 is 5.32 Å². The van der Waals surface area contributed by atoms with Crippen LogP contribution in [0.15, 0.2) is 24.3 Å². The van der Waals surface area contributed by atoms with Crippen LogP contribution in [0, 0.1) is 17.7 Å². The maximum atomic E-state index is 13.7. The zero-order chi connectivity index (χ0) is 20.1. The molecule has 0 bridgehead atoms. The van der Waals surface area contributed by atoms with Gasteiger partial charge in [0, 0.05) is 6.54 Å². The molecule has 1 aromatic rings. The van der Waals surface area contributed by atoms with Crippen LogP contribution >= 0.6 is 11.8 Å². The lowest BCUT2D eigenvalue weighted by Crippen LogP contribution is -2.50. The highest BCUT2D eigenvalue weighted by Gasteiger charge is 2.51. The predicted octanol–water partition coefficient (Wildman–Crippen LogP) is 2.78. The van der Waals surface area contributed by atoms with Crippen molar-refractivity contribution in [3.05, 3.63) is 35.6 Å². The van der Waals surface area contributed by atoms with Gasteiger partial charge in [-0.05, 0) is 49.3 Å². The van der Waals surface area contributed by atoms with Crippen molar-refractivity contribution >= 4 is 29.5 Å². The Morgan fingerprint density at radius 1 is 1.21 bits per heavy atom. The number of nitrogens with zero attached hydrogens (tertiary/aromatic N) is 1. The van der Waals surface area contributed by atoms with Gasteiger partial charge in [-0.3, -0.25) is 19.3 Å². The summed E-state index contributed by atoms with van der Waals surface area (Å²) in [6, 6.07) is 5.68. The molecule has 2 fully saturated rings. The average Bonchev–Trinajstić information content (AvgIpc) is 2.95. The lowest BCUT2D eigenvalue weighted by Gasteiger charge is -2.26. The molecule has 3 amide bonds. The second-order valence-electron chi connectivity index (χ2n) is 7.47. The fourth-order valence-electron chi connectivity index (χ4n) is 4.24. The number of imide groups is 1. The maximum Gasteiger partial charge on any atom is 0.243 e. The Balaban J connectivity index is 1.67. The Morgan fingerprint density at radius 2 is 1.86 bits per heavy atom. The van der Waals surface area contributed by atoms with E-state index in [2.05, 4.69) is 5.32 Å². The number of thioether (sulfide) groups is 1. The number of likely N-dealkylation sites (tertiary alicyclic amines) is 1. The summed E-state index contributed by atoms with van der Waals surface area (Å²) in [5.74, 6) is -0.850. The van der Waals surface area contributed by atoms with Crippen LogP contribution in [0.25, 0.3) is 0 Å². The quantitative estimate of drug-likeness (QED) is 0.674. The summed E-state index contributed by atoms with van der Waals surface area (Å²) in [6.07, 6.45) is 6.10. The molecule has 3 atom stereocenters. The van der Waals surface area contributed by atoms with Crippen molar-refractivity contribution in [1.29, 1.82) is 0 Å². The minimum atomic E-state index is -0.779. The lowest BCUT2D eigenvalue weighted by molar-refractivity contribution is -0.148. The van der Waals surface area contributed by atoms with Gasteiger partial charge >= 0.3 is 0 Å². The predicted molar refractivity (Wildman–Crippen MR) is 107 cm³/mol. The molecule has 3 rings (SSSR count). The number of carbonyl (C=O) groups is 3. The highest BCUT2D eigenvalue weighted by atomic mass is 32.2. The average molecular weight is 407 g/mol. The van der Waals surface area contributed by atoms with Crippen molar-refractivity contribution in [3.8, 4) is 0 Å². The topological polar surface area (TPSA) is 66.5 Å². The number of fused-ring (bicyclic) bond motifs is 1. The highest BCUT2D eigenvalue weighted by molar-refractivity contribution is 7.98. The first-order chi connectivity index (χ1) is 13.5. The van der Waals surface area contributed by atoms with Crippen molar-refractivity contribution in [2.24, 2.45) is 11.8 Å². The van der Waals surface area contributed by atoms with Crippen molar-refractivity contribution in [1.82, 2.24) is 10.2 Å². The summed E-state index contributed by atoms with van der Waals surface area (Å²) >= 11 is 1.58. The Labute approximate surface area is 169 Å². The van der Waals surface area contributed by atoms with Crippen LogP contribution in [0.3, 0.4) is 0 Å². The minimum absolute atomic E-state index is 0.190. The molecule has 1 aromatic carbocycles. The number of nitrogens with one attached hydrogen (secondary N) is 1. The van der Waals surface area contributed by atoms with Crippen LogP contribution in [0.1, 0.15) is 37.7 Å². The van der Waals surface area contributed by atoms with Gasteiger partial charge in [-0.1, -0.05) is 31.0 Å². The lowest BCUT2D eigenvalue weighted by atomic mass is 9.81. The van der Waals surface area contributed by atoms with Crippen LogP contribution in [0.4, 0.5) is 4.39 Å². The zero-order valence-corrected chi connectivity index (χ0v) is 17.0. The number of amides is 3. The first-order valence-electron chi connectivity index (χ1n) is 9.91. The molecule has 0 aromatic heterocycles. The molecule has 2 aliphatic rings. The van der Waals surface area contributed by atoms with Gasteiger partial charge in [-0.15, -0.1) is 0 Å². The van der Waals surface area contributed by atoms with Gasteiger partial charge in [0.25, 0.3) is 0 Å². The summed E-state index contributed by atoms with van der Waals surface area (Å²) in [7, 11) is 0. The monoisotopic (exact) mass is 406 g/mol. The van der Waals surface area contributed by atoms with E-state index < -0.39 is 6.04 Å². The molecule has 0 unspecified atom stereocenters. The number of carbonyl (C=O) groups excluding carboxylic acids is 3. The third-order valence-electron chi connectivity index (χ3n) is 5.74. The van der Waals surface area contributed by atoms with E-state index in [0.717, 1.165) is 25.7 Å². The second-order valence-corrected chi connectivity index (χ2v) is 8.46. The van der Waals surface area contributed by atoms with Crippen LogP contribution in [0.5, 0.6) is 0 Å². The van der Waals surface area contributed by atoms with Crippen molar-refractivity contribution < 1.29 is 18.8 Å². The molecule has 1 aliphatic heterocycles. The standard InChI is InChI=1S/C21H27FN2O3S/c1-28-13-11-18(19(25)23-12-10-14-6-2-5-9-17(14)22)24-20(26)15-7-3-4-8-16(15)21(24)27/h2,5-6,9,15-16,18H,3-4,7-8,10-13H2,1H3,(H,23,25)/t15-,16+,18-/m1/s1. The third kappa shape index (κ3) is 4.40. The molecule has 28 heavy (non-hydrogen) atoms. The molecule has 1 saturated carbocycles. The SMILES string of the molecule is CSCC[C@H](C(=O)NCCc1ccccc1F)N1C(=O)[C@H]2CCCC[C@H]2C1=O. The molecule has 0 spiro atoms. The molecule has 1 aliphatic carbocycles. The van der Waals surface area contributed by atoms with Gasteiger partial charge in [-0.25, -0.2) is 4.39 Å². The minimum Gasteiger partial charge on any atom is -0.354 e. The molecule has 7 heteroatoms. The van der Waals surface area contributed by atoms with E-state index in [1.807, 2.05) is 6.26 Å². The number of halogens is 1. The fraction of sp³-hybridized carbons (Fsp3) is 0.571. The summed E-state index contributed by atoms with van der Waals surface area (Å²) < 4.78 is 13.7. The molecular weight excluding hydrogens is 379 g/mol. The number of hydrogen-bond donors (Lipinski definition) is 1. The number of rotatable bonds is 8. The Hall–Kier alpha value is -1.89. The van der Waals surface area contributed by atoms with Crippen molar-refractivity contribution in [2.75, 3.05) is 18.6 Å². The van der Waals surface area contributed by atoms with Gasteiger partial charge in [0.2, 0.25) is 17.7 Å². The zero-order valence-electron chi connectivity index (χ0n) is 16.2. The van der Waals surface area contributed by atoms with E-state index in [0.29, 0.717) is 24.2 Å². The first-order valence-corrected chi connectivity index (χ1v) is 11.3. The Kier molecular flexibility index (Phi) is 7.10. The Bertz CT molecular complexity index is 718. The molecular formula is C21H27FN2O3S. The summed E-state index contributed by atoms with van der Waals surface area (Å²) in [5.41, 5.74) is 0.530. The van der Waals surface area contributed by atoms with Crippen LogP contribution in [0.2, 0.25) is 0 Å². The Morgan fingerprint density at radius 3 is 2.46 bits per heavy atom. The van der Waals surface area contributed by atoms with Crippen molar-refractivity contribution in [3.63, 3.8) is 0 Å². The molecule has 1 heterocycles. The third-order valence-corrected chi connectivity index (χ3v) is 6.38. The summed E-state index contributed by atoms with van der Waals surface area (Å²) in [5, 5.41) is 2.81. The smallest absolute Gasteiger partial charge is 0.243 e. The van der Waals surface area contributed by atoms with E-state index in [-0.39, 0.29) is 41.9 Å². The van der Waals surface area contributed by atoms with E-state index in [4.69, 9.17) is 0 Å². The van der Waals surface area contributed by atoms with E-state index in [9.17, 15) is 18.8 Å². The molecule has 1 N–H and O–H groups in total. The number of benzene rings is 1. The van der Waals surface area contributed by atoms with Crippen molar-refractivity contribution in [2.45, 2.75) is 44.6 Å². The largest absolute Gasteiger partial charge is 0.354 e. The molecule has 152 valence electrons. The molecule has 5 nitrogen and oxygen atoms in total. The van der Waals surface area contributed by atoms with E-state index in [1.165, 1.54) is 11.0 Å². The fourth-order valence-corrected chi connectivity index (χ4v) is 4.70. The van der Waals surface area contributed by atoms with Crippen LogP contribution < -0.4 is 5.32 Å². The molecule has 0 radical (unpaired) electrons. The van der Waals surface area contributed by atoms with Crippen LogP contribution in [-0.2, 0) is 20.8 Å². The summed E-state index contributed by atoms with van der Waals surface area (Å²) in [6.45, 7) is 0.263. The summed E-state index contributed by atoms with van der Waals surface area (Å²) in [4.78, 5) is 39.8. The second kappa shape index (κ2) is 9.54. The first kappa shape index (κ1) is 20.8. The van der Waals surface area contributed by atoms with Gasteiger partial charge in [-0.2, -0.15) is 11.8 Å². The van der Waals surface area contributed by atoms with Gasteiger partial charge in [0.05, 0.1) is 11.8 Å². The van der Waals surface area contributed by atoms with Gasteiger partial charge in [0.15, 0.2) is 0 Å². The number of hydrogen-bond acceptors (Lipinski definition) is 4. The molecule has 1 saturated heterocycles. The van der Waals surface area contributed by atoms with Crippen LogP contribution in [-0.4, -0.2) is 47.2 Å².